The first-order valence-electron chi connectivity index (χ1n) is 17.3. The topological polar surface area (TPSA) is 143 Å². The summed E-state index contributed by atoms with van der Waals surface area (Å²) in [6.45, 7) is 5.32. The van der Waals surface area contributed by atoms with Crippen LogP contribution in [0.2, 0.25) is 0 Å². The summed E-state index contributed by atoms with van der Waals surface area (Å²) < 4.78 is 11.3. The first kappa shape index (κ1) is 33.8. The van der Waals surface area contributed by atoms with Crippen molar-refractivity contribution in [2.24, 2.45) is 11.8 Å². The van der Waals surface area contributed by atoms with Gasteiger partial charge in [-0.1, -0.05) is 85.8 Å². The number of piperidine rings is 1. The van der Waals surface area contributed by atoms with Gasteiger partial charge in [0.25, 0.3) is 0 Å². The molecule has 3 aliphatic rings. The van der Waals surface area contributed by atoms with Gasteiger partial charge in [0.1, 0.15) is 36.5 Å². The molecule has 2 heterocycles. The Labute approximate surface area is 295 Å². The van der Waals surface area contributed by atoms with E-state index in [1.54, 1.807) is 19.1 Å². The highest BCUT2D eigenvalue weighted by Crippen LogP contribution is 2.44. The maximum atomic E-state index is 13.6. The number of carbonyl (C=O) groups is 5. The molecule has 6 atom stereocenters. The third kappa shape index (κ3) is 6.51. The van der Waals surface area contributed by atoms with Gasteiger partial charge in [-0.05, 0) is 77.3 Å². The fraction of sp³-hybridized carbons (Fsp3) is 0.325. The van der Waals surface area contributed by atoms with Crippen molar-refractivity contribution in [3.05, 3.63) is 102 Å². The van der Waals surface area contributed by atoms with E-state index < -0.39 is 54.0 Å². The standard InChI is InChI=1S/C40H40N4O7/c1-22-28-18-19-44(35(28)37(46)43-34(22)39(48)51-27-17-16-25-10-4-5-11-26(25)20-27)38(47)24(3)41-36(45)23(2)42-40(49)50-21-33-31-14-8-6-12-29(31)30-13-7-9-15-32(30)33/h4-17,20,22-24,28,33-35H,18-19,21H2,1-3H3,(H,41,45)(H,42,49)(H,43,46). The lowest BCUT2D eigenvalue weighted by molar-refractivity contribution is -0.149. The predicted molar refractivity (Wildman–Crippen MR) is 190 cm³/mol. The zero-order chi connectivity index (χ0) is 35.8. The Morgan fingerprint density at radius 2 is 1.49 bits per heavy atom. The number of likely N-dealkylation sites (tertiary alicyclic amines) is 1. The van der Waals surface area contributed by atoms with Crippen molar-refractivity contribution in [3.8, 4) is 16.9 Å². The summed E-state index contributed by atoms with van der Waals surface area (Å²) in [5.74, 6) is -2.31. The van der Waals surface area contributed by atoms with Gasteiger partial charge in [0.15, 0.2) is 0 Å². The fourth-order valence-electron chi connectivity index (χ4n) is 7.78. The van der Waals surface area contributed by atoms with Crippen molar-refractivity contribution in [3.63, 3.8) is 0 Å². The third-order valence-corrected chi connectivity index (χ3v) is 10.5. The molecule has 7 rings (SSSR count). The summed E-state index contributed by atoms with van der Waals surface area (Å²) in [6.07, 6.45) is -0.229. The van der Waals surface area contributed by atoms with Crippen LogP contribution >= 0.6 is 0 Å². The number of amides is 4. The molecule has 6 unspecified atom stereocenters. The van der Waals surface area contributed by atoms with Gasteiger partial charge >= 0.3 is 12.1 Å². The van der Waals surface area contributed by atoms with Crippen LogP contribution in [0.15, 0.2) is 91.0 Å². The normalized spacial score (nSPS) is 21.8. The SMILES string of the molecule is CC(NC(=O)OCC1c2ccccc2-c2ccccc21)C(=O)NC(C)C(=O)N1CCC2C(C)C(C(=O)Oc3ccc4ccccc4c3)NC(=O)C21. The second-order valence-corrected chi connectivity index (χ2v) is 13.6. The Morgan fingerprint density at radius 1 is 0.843 bits per heavy atom. The number of hydrogen-bond acceptors (Lipinski definition) is 7. The van der Waals surface area contributed by atoms with Crippen molar-refractivity contribution in [1.29, 1.82) is 0 Å². The number of rotatable bonds is 8. The number of hydrogen-bond donors (Lipinski definition) is 3. The van der Waals surface area contributed by atoms with Crippen LogP contribution < -0.4 is 20.7 Å². The van der Waals surface area contributed by atoms with E-state index in [9.17, 15) is 24.0 Å². The van der Waals surface area contributed by atoms with E-state index in [1.807, 2.05) is 85.8 Å². The van der Waals surface area contributed by atoms with Crippen LogP contribution in [0.1, 0.15) is 44.2 Å². The smallest absolute Gasteiger partial charge is 0.407 e. The first-order valence-corrected chi connectivity index (χ1v) is 17.3. The lowest BCUT2D eigenvalue weighted by Crippen LogP contribution is -2.63. The van der Waals surface area contributed by atoms with Crippen LogP contribution in [0.4, 0.5) is 4.79 Å². The maximum absolute atomic E-state index is 13.6. The summed E-state index contributed by atoms with van der Waals surface area (Å²) >= 11 is 0. The van der Waals surface area contributed by atoms with Gasteiger partial charge in [0.2, 0.25) is 17.7 Å². The number of ether oxygens (including phenoxy) is 2. The molecule has 0 aromatic heterocycles. The van der Waals surface area contributed by atoms with Crippen molar-refractivity contribution >= 4 is 40.6 Å². The molecule has 1 aliphatic carbocycles. The van der Waals surface area contributed by atoms with Crippen LogP contribution in [-0.4, -0.2) is 72.0 Å². The van der Waals surface area contributed by atoms with Crippen LogP contribution in [0.5, 0.6) is 5.75 Å². The van der Waals surface area contributed by atoms with E-state index >= 15 is 0 Å². The van der Waals surface area contributed by atoms with Gasteiger partial charge < -0.3 is 30.3 Å². The summed E-state index contributed by atoms with van der Waals surface area (Å²) in [7, 11) is 0. The molecule has 11 nitrogen and oxygen atoms in total. The molecule has 0 bridgehead atoms. The number of nitrogens with one attached hydrogen (secondary N) is 3. The summed E-state index contributed by atoms with van der Waals surface area (Å²) in [5.41, 5.74) is 4.37. The molecule has 2 aliphatic heterocycles. The molecule has 11 heteroatoms. The number of carbonyl (C=O) groups excluding carboxylic acids is 5. The third-order valence-electron chi connectivity index (χ3n) is 10.5. The van der Waals surface area contributed by atoms with E-state index in [-0.39, 0.29) is 24.4 Å². The van der Waals surface area contributed by atoms with Gasteiger partial charge in [0.05, 0.1) is 0 Å². The van der Waals surface area contributed by atoms with Crippen LogP contribution in [0.3, 0.4) is 0 Å². The molecule has 4 amide bonds. The molecule has 262 valence electrons. The van der Waals surface area contributed by atoms with Crippen molar-refractivity contribution in [2.45, 2.75) is 57.3 Å². The monoisotopic (exact) mass is 688 g/mol. The van der Waals surface area contributed by atoms with Crippen LogP contribution in [0, 0.1) is 11.8 Å². The molecule has 4 aromatic rings. The molecule has 4 aromatic carbocycles. The van der Waals surface area contributed by atoms with Gasteiger partial charge in [-0.3, -0.25) is 14.4 Å². The van der Waals surface area contributed by atoms with Crippen LogP contribution in [-0.2, 0) is 23.9 Å². The highest BCUT2D eigenvalue weighted by Gasteiger charge is 2.52. The molecule has 0 radical (unpaired) electrons. The zero-order valence-electron chi connectivity index (χ0n) is 28.6. The van der Waals surface area contributed by atoms with E-state index in [1.165, 1.54) is 11.8 Å². The quantitative estimate of drug-likeness (QED) is 0.182. The Bertz CT molecular complexity index is 1990. The average Bonchev–Trinajstić information content (AvgIpc) is 3.72. The van der Waals surface area contributed by atoms with E-state index in [0.717, 1.165) is 33.0 Å². The largest absolute Gasteiger partial charge is 0.449 e. The number of nitrogens with zero attached hydrogens (tertiary/aromatic N) is 1. The predicted octanol–water partition coefficient (Wildman–Crippen LogP) is 4.53. The Kier molecular flexibility index (Phi) is 9.20. The maximum Gasteiger partial charge on any atom is 0.407 e. The number of esters is 1. The van der Waals surface area contributed by atoms with E-state index in [2.05, 4.69) is 16.0 Å². The molecule has 0 spiro atoms. The Hall–Kier alpha value is -5.71. The Morgan fingerprint density at radius 3 is 2.20 bits per heavy atom. The molecular formula is C40H40N4O7. The highest BCUT2D eigenvalue weighted by atomic mass is 16.5. The van der Waals surface area contributed by atoms with Gasteiger partial charge in [-0.15, -0.1) is 0 Å². The molecule has 51 heavy (non-hydrogen) atoms. The number of alkyl carbamates (subject to hydrolysis) is 1. The molecule has 2 saturated heterocycles. The second-order valence-electron chi connectivity index (χ2n) is 13.6. The van der Waals surface area contributed by atoms with Crippen molar-refractivity contribution in [2.75, 3.05) is 13.2 Å². The summed E-state index contributed by atoms with van der Waals surface area (Å²) in [5, 5.41) is 9.96. The van der Waals surface area contributed by atoms with Crippen LogP contribution in [0.25, 0.3) is 21.9 Å². The number of fused-ring (bicyclic) bond motifs is 5. The average molecular weight is 689 g/mol. The number of benzene rings is 4. The first-order chi connectivity index (χ1) is 24.6. The van der Waals surface area contributed by atoms with Crippen molar-refractivity contribution < 1.29 is 33.4 Å². The minimum Gasteiger partial charge on any atom is -0.449 e. The lowest BCUT2D eigenvalue weighted by Gasteiger charge is -2.39. The minimum atomic E-state index is -0.991. The van der Waals surface area contributed by atoms with E-state index in [0.29, 0.717) is 18.7 Å². The summed E-state index contributed by atoms with van der Waals surface area (Å²) in [6, 6.07) is 25.5. The molecule has 2 fully saturated rings. The van der Waals surface area contributed by atoms with Crippen molar-refractivity contribution in [1.82, 2.24) is 20.9 Å². The highest BCUT2D eigenvalue weighted by molar-refractivity contribution is 5.96. The lowest BCUT2D eigenvalue weighted by atomic mass is 9.78. The molecule has 0 saturated carbocycles. The molecule has 3 N–H and O–H groups in total. The Balaban J connectivity index is 0.910. The minimum absolute atomic E-state index is 0.100. The zero-order valence-corrected chi connectivity index (χ0v) is 28.6. The van der Waals surface area contributed by atoms with E-state index in [4.69, 9.17) is 9.47 Å². The van der Waals surface area contributed by atoms with Gasteiger partial charge in [-0.2, -0.15) is 0 Å². The van der Waals surface area contributed by atoms with Gasteiger partial charge in [-0.25, -0.2) is 9.59 Å². The fourth-order valence-corrected chi connectivity index (χ4v) is 7.78. The second kappa shape index (κ2) is 13.9. The summed E-state index contributed by atoms with van der Waals surface area (Å²) in [4.78, 5) is 67.5. The molecular weight excluding hydrogens is 648 g/mol. The van der Waals surface area contributed by atoms with Gasteiger partial charge in [0, 0.05) is 12.5 Å².